The van der Waals surface area contributed by atoms with Crippen LogP contribution in [0.3, 0.4) is 0 Å². The number of nitrogens with zero attached hydrogens (tertiary/aromatic N) is 1. The van der Waals surface area contributed by atoms with Crippen LogP contribution >= 0.6 is 12.6 Å². The molecule has 0 saturated heterocycles. The van der Waals surface area contributed by atoms with Gasteiger partial charge in [-0.3, -0.25) is 0 Å². The van der Waals surface area contributed by atoms with E-state index in [-0.39, 0.29) is 0 Å². The van der Waals surface area contributed by atoms with Gasteiger partial charge in [0.25, 0.3) is 0 Å². The molecule has 0 spiro atoms. The van der Waals surface area contributed by atoms with Crippen molar-refractivity contribution in [2.75, 3.05) is 31.9 Å². The summed E-state index contributed by atoms with van der Waals surface area (Å²) in [5.41, 5.74) is 0. The number of thiol groups is 1. The van der Waals surface area contributed by atoms with Crippen molar-refractivity contribution in [2.24, 2.45) is 0 Å². The Balaban J connectivity index is 3.70. The van der Waals surface area contributed by atoms with E-state index in [0.29, 0.717) is 0 Å². The van der Waals surface area contributed by atoms with Crippen molar-refractivity contribution in [1.82, 2.24) is 0 Å². The Labute approximate surface area is 147 Å². The maximum atomic E-state index is 4.27. The number of quaternary nitrogens is 1. The highest BCUT2D eigenvalue weighted by Crippen LogP contribution is 2.16. The molecule has 0 aromatic rings. The Morgan fingerprint density at radius 2 is 0.864 bits per heavy atom. The minimum Gasteiger partial charge on any atom is -0.324 e. The van der Waals surface area contributed by atoms with E-state index in [1.54, 1.807) is 0 Å². The molecular weight excluding hydrogens is 286 g/mol. The molecule has 0 bridgehead atoms. The molecule has 0 aromatic heterocycles. The molecule has 134 valence electrons. The van der Waals surface area contributed by atoms with Gasteiger partial charge in [-0.25, -0.2) is 0 Å². The Morgan fingerprint density at radius 3 is 1.23 bits per heavy atom. The third kappa shape index (κ3) is 11.8. The van der Waals surface area contributed by atoms with Crippen LogP contribution in [0.2, 0.25) is 0 Å². The highest BCUT2D eigenvalue weighted by molar-refractivity contribution is 7.80. The van der Waals surface area contributed by atoms with Gasteiger partial charge < -0.3 is 4.48 Å². The van der Waals surface area contributed by atoms with Crippen LogP contribution in [-0.4, -0.2) is 36.4 Å². The molecule has 0 amide bonds. The molecule has 0 heterocycles. The molecule has 0 rings (SSSR count). The molecule has 0 aliphatic carbocycles. The minimum atomic E-state index is 1.06. The van der Waals surface area contributed by atoms with Gasteiger partial charge in [-0.05, 0) is 44.3 Å². The van der Waals surface area contributed by atoms with Gasteiger partial charge in [-0.15, -0.1) is 0 Å². The number of unbranched alkanes of at least 4 members (excludes halogenated alkanes) is 8. The van der Waals surface area contributed by atoms with Gasteiger partial charge in [0.15, 0.2) is 0 Å². The fraction of sp³-hybridized carbons (Fsp3) is 1.00. The third-order valence-electron chi connectivity index (χ3n) is 4.88. The number of hydrogen-bond donors (Lipinski definition) is 1. The van der Waals surface area contributed by atoms with Crippen LogP contribution in [0.5, 0.6) is 0 Å². The maximum Gasteiger partial charge on any atom is 0.0786 e. The molecule has 0 N–H and O–H groups in total. The Hall–Kier alpha value is 0.310. The van der Waals surface area contributed by atoms with Crippen molar-refractivity contribution in [3.8, 4) is 0 Å². The van der Waals surface area contributed by atoms with Crippen LogP contribution in [0.1, 0.15) is 97.8 Å². The van der Waals surface area contributed by atoms with Crippen LogP contribution in [0.25, 0.3) is 0 Å². The molecule has 0 unspecified atom stereocenters. The van der Waals surface area contributed by atoms with Crippen molar-refractivity contribution in [3.05, 3.63) is 0 Å². The first-order valence-corrected chi connectivity index (χ1v) is 10.8. The van der Waals surface area contributed by atoms with E-state index in [1.807, 2.05) is 0 Å². The van der Waals surface area contributed by atoms with Crippen molar-refractivity contribution >= 4 is 12.6 Å². The molecule has 0 aromatic carbocycles. The quantitative estimate of drug-likeness (QED) is 0.176. The lowest BCUT2D eigenvalue weighted by Crippen LogP contribution is -2.50. The van der Waals surface area contributed by atoms with Crippen LogP contribution in [0.4, 0.5) is 0 Å². The monoisotopic (exact) mass is 330 g/mol. The summed E-state index contributed by atoms with van der Waals surface area (Å²) < 4.78 is 1.40. The van der Waals surface area contributed by atoms with Gasteiger partial charge in [0.2, 0.25) is 0 Å². The molecule has 0 fully saturated rings. The number of rotatable bonds is 17. The zero-order valence-electron chi connectivity index (χ0n) is 15.9. The SMILES string of the molecule is CCC[N+](CCC)(CCC)CCCCCCCCCCCS. The van der Waals surface area contributed by atoms with Gasteiger partial charge in [0, 0.05) is 0 Å². The van der Waals surface area contributed by atoms with Crippen molar-refractivity contribution in [1.29, 1.82) is 0 Å². The summed E-state index contributed by atoms with van der Waals surface area (Å²) in [4.78, 5) is 0. The standard InChI is InChI=1S/C20H43NS/c1-4-16-21(17-5-2,18-6-3)19-14-12-10-8-7-9-11-13-15-20-22/h4-20H2,1-3H3/p+1. The van der Waals surface area contributed by atoms with E-state index in [0.717, 1.165) is 5.75 Å². The van der Waals surface area contributed by atoms with Crippen molar-refractivity contribution in [2.45, 2.75) is 97.8 Å². The summed E-state index contributed by atoms with van der Waals surface area (Å²) >= 11 is 4.27. The lowest BCUT2D eigenvalue weighted by atomic mass is 10.1. The summed E-state index contributed by atoms with van der Waals surface area (Å²) in [6.07, 6.45) is 16.8. The summed E-state index contributed by atoms with van der Waals surface area (Å²) in [5.74, 6) is 1.06. The smallest absolute Gasteiger partial charge is 0.0786 e. The third-order valence-corrected chi connectivity index (χ3v) is 5.20. The summed E-state index contributed by atoms with van der Waals surface area (Å²) in [7, 11) is 0. The molecule has 2 heteroatoms. The largest absolute Gasteiger partial charge is 0.324 e. The van der Waals surface area contributed by atoms with Crippen LogP contribution in [0, 0.1) is 0 Å². The predicted molar refractivity (Wildman–Crippen MR) is 106 cm³/mol. The Morgan fingerprint density at radius 1 is 0.500 bits per heavy atom. The predicted octanol–water partition coefficient (Wildman–Crippen LogP) is 6.47. The van der Waals surface area contributed by atoms with Gasteiger partial charge in [0.05, 0.1) is 26.2 Å². The molecule has 1 nitrogen and oxygen atoms in total. The first kappa shape index (κ1) is 22.3. The number of hydrogen-bond acceptors (Lipinski definition) is 1. The van der Waals surface area contributed by atoms with E-state index < -0.39 is 0 Å². The minimum absolute atomic E-state index is 1.06. The van der Waals surface area contributed by atoms with Crippen LogP contribution in [-0.2, 0) is 0 Å². The van der Waals surface area contributed by atoms with Gasteiger partial charge in [0.1, 0.15) is 0 Å². The second kappa shape index (κ2) is 16.2. The zero-order valence-corrected chi connectivity index (χ0v) is 16.8. The molecule has 0 aliphatic heterocycles. The van der Waals surface area contributed by atoms with E-state index in [4.69, 9.17) is 0 Å². The topological polar surface area (TPSA) is 0 Å². The molecule has 0 aliphatic rings. The maximum absolute atomic E-state index is 4.27. The van der Waals surface area contributed by atoms with Gasteiger partial charge in [-0.2, -0.15) is 12.6 Å². The fourth-order valence-corrected chi connectivity index (χ4v) is 4.11. The summed E-state index contributed by atoms with van der Waals surface area (Å²) in [6, 6.07) is 0. The average molecular weight is 331 g/mol. The highest BCUT2D eigenvalue weighted by atomic mass is 32.1. The normalized spacial score (nSPS) is 12.0. The van der Waals surface area contributed by atoms with E-state index >= 15 is 0 Å². The fourth-order valence-electron chi connectivity index (χ4n) is 3.89. The van der Waals surface area contributed by atoms with E-state index in [1.165, 1.54) is 108 Å². The van der Waals surface area contributed by atoms with E-state index in [9.17, 15) is 0 Å². The molecule has 0 radical (unpaired) electrons. The molecule has 0 saturated carbocycles. The first-order valence-electron chi connectivity index (χ1n) is 10.2. The zero-order chi connectivity index (χ0) is 16.5. The van der Waals surface area contributed by atoms with Crippen LogP contribution < -0.4 is 0 Å². The second-order valence-corrected chi connectivity index (χ2v) is 7.59. The second-order valence-electron chi connectivity index (χ2n) is 7.14. The average Bonchev–Trinajstić information content (AvgIpc) is 2.50. The first-order chi connectivity index (χ1) is 10.7. The van der Waals surface area contributed by atoms with Gasteiger partial charge in [-0.1, -0.05) is 59.3 Å². The van der Waals surface area contributed by atoms with Gasteiger partial charge >= 0.3 is 0 Å². The lowest BCUT2D eigenvalue weighted by molar-refractivity contribution is -0.928. The summed E-state index contributed by atoms with van der Waals surface area (Å²) in [6.45, 7) is 12.7. The highest BCUT2D eigenvalue weighted by Gasteiger charge is 2.23. The van der Waals surface area contributed by atoms with Crippen molar-refractivity contribution in [3.63, 3.8) is 0 Å². The van der Waals surface area contributed by atoms with E-state index in [2.05, 4.69) is 33.4 Å². The lowest BCUT2D eigenvalue weighted by Gasteiger charge is -2.38. The Kier molecular flexibility index (Phi) is 16.4. The Bertz CT molecular complexity index is 201. The van der Waals surface area contributed by atoms with Crippen LogP contribution in [0.15, 0.2) is 0 Å². The summed E-state index contributed by atoms with van der Waals surface area (Å²) in [5, 5.41) is 0. The molecular formula is C20H44NS+. The molecule has 22 heavy (non-hydrogen) atoms. The molecule has 0 atom stereocenters. The van der Waals surface area contributed by atoms with Crippen molar-refractivity contribution < 1.29 is 4.48 Å².